The molecule has 1 aromatic heterocycles. The van der Waals surface area contributed by atoms with Crippen LogP contribution in [-0.2, 0) is 16.0 Å². The highest BCUT2D eigenvalue weighted by molar-refractivity contribution is 5.96. The Kier molecular flexibility index (Phi) is 5.51. The molecule has 0 aliphatic heterocycles. The molecule has 120 valence electrons. The maximum Gasteiger partial charge on any atom is 0.287 e. The first-order chi connectivity index (χ1) is 11.1. The van der Waals surface area contributed by atoms with E-state index in [1.54, 1.807) is 6.07 Å². The first kappa shape index (κ1) is 16.3. The van der Waals surface area contributed by atoms with E-state index < -0.39 is 23.8 Å². The van der Waals surface area contributed by atoms with Gasteiger partial charge in [-0.3, -0.25) is 14.4 Å². The summed E-state index contributed by atoms with van der Waals surface area (Å²) in [5, 5.41) is 4.99. The van der Waals surface area contributed by atoms with E-state index in [-0.39, 0.29) is 18.7 Å². The first-order valence-electron chi connectivity index (χ1n) is 7.00. The number of amides is 3. The van der Waals surface area contributed by atoms with Crippen molar-refractivity contribution < 1.29 is 18.8 Å². The molecule has 2 rings (SSSR count). The summed E-state index contributed by atoms with van der Waals surface area (Å²) in [4.78, 5) is 35.1. The van der Waals surface area contributed by atoms with Gasteiger partial charge in [0, 0.05) is 6.42 Å². The van der Waals surface area contributed by atoms with Crippen LogP contribution in [0.1, 0.15) is 16.1 Å². The van der Waals surface area contributed by atoms with Gasteiger partial charge in [0.05, 0.1) is 12.8 Å². The number of hydrogen-bond acceptors (Lipinski definition) is 4. The van der Waals surface area contributed by atoms with Crippen LogP contribution in [0.15, 0.2) is 53.1 Å². The third kappa shape index (κ3) is 4.99. The molecule has 4 N–H and O–H groups in total. The number of nitrogens with one attached hydrogen (secondary N) is 2. The van der Waals surface area contributed by atoms with Crippen molar-refractivity contribution in [3.8, 4) is 0 Å². The number of rotatable bonds is 7. The number of furan rings is 1. The summed E-state index contributed by atoms with van der Waals surface area (Å²) in [7, 11) is 0. The molecule has 0 bridgehead atoms. The fraction of sp³-hybridized carbons (Fsp3) is 0.188. The minimum atomic E-state index is -0.852. The third-order valence-corrected chi connectivity index (χ3v) is 3.09. The molecule has 1 atom stereocenters. The van der Waals surface area contributed by atoms with Crippen LogP contribution in [0.25, 0.3) is 0 Å². The second-order valence-electron chi connectivity index (χ2n) is 4.88. The molecule has 0 aliphatic rings. The number of primary amides is 1. The van der Waals surface area contributed by atoms with Gasteiger partial charge in [-0.05, 0) is 17.7 Å². The molecule has 3 amide bonds. The lowest BCUT2D eigenvalue weighted by Gasteiger charge is -2.17. The molecule has 1 heterocycles. The normalized spacial score (nSPS) is 11.5. The molecule has 0 fully saturated rings. The van der Waals surface area contributed by atoms with E-state index in [1.807, 2.05) is 30.3 Å². The Balaban J connectivity index is 2.08. The average molecular weight is 315 g/mol. The zero-order valence-corrected chi connectivity index (χ0v) is 12.3. The Bertz CT molecular complexity index is 668. The van der Waals surface area contributed by atoms with Crippen molar-refractivity contribution in [2.75, 3.05) is 6.54 Å². The van der Waals surface area contributed by atoms with Gasteiger partial charge in [-0.2, -0.15) is 0 Å². The van der Waals surface area contributed by atoms with Crippen LogP contribution in [0.3, 0.4) is 0 Å². The molecule has 1 aromatic carbocycles. The SMILES string of the molecule is NC(=O)CNC(=O)[C@H](Cc1ccccc1)NC(=O)c1ccco1. The van der Waals surface area contributed by atoms with Crippen LogP contribution in [0.2, 0.25) is 0 Å². The quantitative estimate of drug-likeness (QED) is 0.678. The number of carbonyl (C=O) groups is 3. The van der Waals surface area contributed by atoms with E-state index in [9.17, 15) is 14.4 Å². The van der Waals surface area contributed by atoms with Crippen molar-refractivity contribution in [1.29, 1.82) is 0 Å². The molecule has 7 heteroatoms. The second-order valence-corrected chi connectivity index (χ2v) is 4.88. The van der Waals surface area contributed by atoms with Crippen molar-refractivity contribution in [2.45, 2.75) is 12.5 Å². The largest absolute Gasteiger partial charge is 0.459 e. The van der Waals surface area contributed by atoms with Gasteiger partial charge >= 0.3 is 0 Å². The molecule has 0 saturated heterocycles. The van der Waals surface area contributed by atoms with Crippen molar-refractivity contribution in [3.63, 3.8) is 0 Å². The van der Waals surface area contributed by atoms with Gasteiger partial charge in [-0.25, -0.2) is 0 Å². The first-order valence-corrected chi connectivity index (χ1v) is 7.00. The lowest BCUT2D eigenvalue weighted by Crippen LogP contribution is -2.49. The molecular weight excluding hydrogens is 298 g/mol. The standard InChI is InChI=1S/C16H17N3O4/c17-14(20)10-18-15(21)12(9-11-5-2-1-3-6-11)19-16(22)13-7-4-8-23-13/h1-8,12H,9-10H2,(H2,17,20)(H,18,21)(H,19,22)/t12-/m0/s1. The highest BCUT2D eigenvalue weighted by Crippen LogP contribution is 2.06. The fourth-order valence-corrected chi connectivity index (χ4v) is 1.99. The highest BCUT2D eigenvalue weighted by Gasteiger charge is 2.23. The third-order valence-electron chi connectivity index (χ3n) is 3.09. The Morgan fingerprint density at radius 3 is 2.43 bits per heavy atom. The van der Waals surface area contributed by atoms with Gasteiger partial charge in [-0.1, -0.05) is 30.3 Å². The van der Waals surface area contributed by atoms with Gasteiger partial charge in [0.15, 0.2) is 5.76 Å². The van der Waals surface area contributed by atoms with Gasteiger partial charge in [0.2, 0.25) is 11.8 Å². The van der Waals surface area contributed by atoms with Crippen molar-refractivity contribution in [1.82, 2.24) is 10.6 Å². The summed E-state index contributed by atoms with van der Waals surface area (Å²) in [6.45, 7) is -0.291. The Morgan fingerprint density at radius 1 is 1.09 bits per heavy atom. The zero-order chi connectivity index (χ0) is 16.7. The Labute approximate surface area is 132 Å². The molecule has 0 spiro atoms. The van der Waals surface area contributed by atoms with E-state index in [4.69, 9.17) is 10.2 Å². The molecule has 0 saturated carbocycles. The predicted molar refractivity (Wildman–Crippen MR) is 82.3 cm³/mol. The summed E-state index contributed by atoms with van der Waals surface area (Å²) in [6.07, 6.45) is 1.64. The lowest BCUT2D eigenvalue weighted by atomic mass is 10.1. The molecule has 0 aliphatic carbocycles. The maximum absolute atomic E-state index is 12.2. The molecule has 23 heavy (non-hydrogen) atoms. The van der Waals surface area contributed by atoms with E-state index in [0.717, 1.165) is 5.56 Å². The summed E-state index contributed by atoms with van der Waals surface area (Å²) < 4.78 is 5.01. The summed E-state index contributed by atoms with van der Waals surface area (Å²) in [5.41, 5.74) is 5.88. The van der Waals surface area contributed by atoms with Crippen LogP contribution in [0.4, 0.5) is 0 Å². The van der Waals surface area contributed by atoms with E-state index in [0.29, 0.717) is 0 Å². The number of nitrogens with two attached hydrogens (primary N) is 1. The fourth-order valence-electron chi connectivity index (χ4n) is 1.99. The minimum absolute atomic E-state index is 0.103. The Morgan fingerprint density at radius 2 is 1.83 bits per heavy atom. The average Bonchev–Trinajstić information content (AvgIpc) is 3.07. The summed E-state index contributed by atoms with van der Waals surface area (Å²) in [5.74, 6) is -1.56. The van der Waals surface area contributed by atoms with E-state index in [1.165, 1.54) is 12.3 Å². The summed E-state index contributed by atoms with van der Waals surface area (Å²) in [6, 6.07) is 11.4. The van der Waals surface area contributed by atoms with Crippen LogP contribution >= 0.6 is 0 Å². The maximum atomic E-state index is 12.2. The smallest absolute Gasteiger partial charge is 0.287 e. The number of carbonyl (C=O) groups excluding carboxylic acids is 3. The van der Waals surface area contributed by atoms with E-state index in [2.05, 4.69) is 10.6 Å². The minimum Gasteiger partial charge on any atom is -0.459 e. The molecule has 0 radical (unpaired) electrons. The zero-order valence-electron chi connectivity index (χ0n) is 12.3. The van der Waals surface area contributed by atoms with Crippen LogP contribution < -0.4 is 16.4 Å². The summed E-state index contributed by atoms with van der Waals surface area (Å²) >= 11 is 0. The van der Waals surface area contributed by atoms with Gasteiger partial charge in [0.25, 0.3) is 5.91 Å². The number of benzene rings is 1. The topological polar surface area (TPSA) is 114 Å². The number of hydrogen-bond donors (Lipinski definition) is 3. The van der Waals surface area contributed by atoms with Crippen molar-refractivity contribution in [2.24, 2.45) is 5.73 Å². The van der Waals surface area contributed by atoms with Gasteiger partial charge < -0.3 is 20.8 Å². The predicted octanol–water partition coefficient (Wildman–Crippen LogP) is 0.222. The van der Waals surface area contributed by atoms with Crippen molar-refractivity contribution in [3.05, 3.63) is 60.1 Å². The molecule has 2 aromatic rings. The molecule has 0 unspecified atom stereocenters. The molecular formula is C16H17N3O4. The Hall–Kier alpha value is -3.09. The van der Waals surface area contributed by atoms with Crippen LogP contribution in [0.5, 0.6) is 0 Å². The lowest BCUT2D eigenvalue weighted by molar-refractivity contribution is -0.126. The monoisotopic (exact) mass is 315 g/mol. The van der Waals surface area contributed by atoms with Crippen LogP contribution in [-0.4, -0.2) is 30.3 Å². The molecule has 7 nitrogen and oxygen atoms in total. The van der Waals surface area contributed by atoms with E-state index >= 15 is 0 Å². The second kappa shape index (κ2) is 7.79. The van der Waals surface area contributed by atoms with Gasteiger partial charge in [-0.15, -0.1) is 0 Å². The van der Waals surface area contributed by atoms with Crippen LogP contribution in [0, 0.1) is 0 Å². The highest BCUT2D eigenvalue weighted by atomic mass is 16.3. The van der Waals surface area contributed by atoms with Gasteiger partial charge in [0.1, 0.15) is 6.04 Å². The van der Waals surface area contributed by atoms with Crippen molar-refractivity contribution >= 4 is 17.7 Å².